The second-order valence-corrected chi connectivity index (χ2v) is 7.36. The quantitative estimate of drug-likeness (QED) is 0.475. The fourth-order valence-electron chi connectivity index (χ4n) is 3.76. The molecule has 0 aliphatic carbocycles. The van der Waals surface area contributed by atoms with E-state index in [4.69, 9.17) is 19.5 Å². The Morgan fingerprint density at radius 2 is 1.57 bits per heavy atom. The van der Waals surface area contributed by atoms with Crippen molar-refractivity contribution in [2.45, 2.75) is 20.8 Å². The van der Waals surface area contributed by atoms with E-state index in [2.05, 4.69) is 32.9 Å². The maximum atomic E-state index is 5.47. The molecule has 0 amide bonds. The van der Waals surface area contributed by atoms with Gasteiger partial charge in [-0.15, -0.1) is 0 Å². The topological polar surface area (TPSA) is 48.1 Å². The number of aromatic nitrogens is 2. The molecule has 0 aliphatic rings. The van der Waals surface area contributed by atoms with E-state index in [1.807, 2.05) is 53.1 Å². The van der Waals surface area contributed by atoms with Crippen LogP contribution in [0, 0.1) is 20.8 Å². The maximum Gasteiger partial charge on any atom is 0.161 e. The lowest BCUT2D eigenvalue weighted by atomic mass is 10.1. The molecule has 0 radical (unpaired) electrons. The Hall–Kier alpha value is -3.60. The predicted octanol–water partition coefficient (Wildman–Crippen LogP) is 5.18. The van der Waals surface area contributed by atoms with E-state index >= 15 is 0 Å². The number of methoxy groups -OCH3 is 2. The van der Waals surface area contributed by atoms with Gasteiger partial charge in [0.1, 0.15) is 11.1 Å². The number of aryl methyl sites for hydroxylation is 3. The molecule has 0 fully saturated rings. The van der Waals surface area contributed by atoms with Gasteiger partial charge in [0, 0.05) is 17.8 Å². The van der Waals surface area contributed by atoms with Gasteiger partial charge in [0.15, 0.2) is 11.5 Å². The van der Waals surface area contributed by atoms with Gasteiger partial charge in [-0.25, -0.2) is 9.98 Å². The molecule has 0 atom stereocenters. The number of ether oxygens (including phenoxy) is 2. The Morgan fingerprint density at radius 3 is 2.27 bits per heavy atom. The van der Waals surface area contributed by atoms with Gasteiger partial charge in [-0.3, -0.25) is 4.40 Å². The third kappa shape index (κ3) is 3.66. The lowest BCUT2D eigenvalue weighted by molar-refractivity contribution is 0.355. The number of fused-ring (bicyclic) bond motifs is 1. The first-order valence-corrected chi connectivity index (χ1v) is 9.83. The largest absolute Gasteiger partial charge is 0.493 e. The summed E-state index contributed by atoms with van der Waals surface area (Å²) in [4.78, 5) is 9.88. The molecule has 0 saturated carbocycles. The first-order chi connectivity index (χ1) is 14.5. The fraction of sp³-hybridized carbons (Fsp3) is 0.200. The van der Waals surface area contributed by atoms with Crippen LogP contribution in [0.25, 0.3) is 16.9 Å². The second-order valence-electron chi connectivity index (χ2n) is 7.36. The van der Waals surface area contributed by atoms with Gasteiger partial charge in [0.05, 0.1) is 25.6 Å². The lowest BCUT2D eigenvalue weighted by Crippen LogP contribution is -2.16. The summed E-state index contributed by atoms with van der Waals surface area (Å²) in [6.07, 6.45) is 1.98. The van der Waals surface area contributed by atoms with Gasteiger partial charge in [-0.2, -0.15) is 0 Å². The van der Waals surface area contributed by atoms with Gasteiger partial charge in [-0.1, -0.05) is 23.8 Å². The Labute approximate surface area is 176 Å². The van der Waals surface area contributed by atoms with Gasteiger partial charge in [-0.05, 0) is 62.2 Å². The van der Waals surface area contributed by atoms with E-state index in [1.54, 1.807) is 14.2 Å². The van der Waals surface area contributed by atoms with E-state index in [0.717, 1.165) is 39.2 Å². The molecule has 0 bridgehead atoms. The number of benzene rings is 2. The highest BCUT2D eigenvalue weighted by Crippen LogP contribution is 2.31. The molecule has 2 aromatic carbocycles. The summed E-state index contributed by atoms with van der Waals surface area (Å²) in [6, 6.07) is 18.1. The minimum Gasteiger partial charge on any atom is -0.493 e. The number of hydrogen-bond acceptors (Lipinski definition) is 4. The molecule has 30 heavy (non-hydrogen) atoms. The van der Waals surface area contributed by atoms with Crippen LogP contribution in [0.4, 0.5) is 5.69 Å². The summed E-state index contributed by atoms with van der Waals surface area (Å²) in [7, 11) is 3.26. The van der Waals surface area contributed by atoms with Crippen molar-refractivity contribution < 1.29 is 9.47 Å². The summed E-state index contributed by atoms with van der Waals surface area (Å²) in [5.74, 6) is 1.36. The summed E-state index contributed by atoms with van der Waals surface area (Å²) in [5.41, 5.74) is 7.94. The normalized spacial score (nSPS) is 11.7. The van der Waals surface area contributed by atoms with Gasteiger partial charge in [0.25, 0.3) is 0 Å². The highest BCUT2D eigenvalue weighted by atomic mass is 16.5. The van der Waals surface area contributed by atoms with Crippen LogP contribution in [0.2, 0.25) is 0 Å². The first kappa shape index (κ1) is 19.7. The fourth-order valence-corrected chi connectivity index (χ4v) is 3.76. The molecule has 5 heteroatoms. The van der Waals surface area contributed by atoms with E-state index < -0.39 is 0 Å². The van der Waals surface area contributed by atoms with Crippen LogP contribution >= 0.6 is 0 Å². The van der Waals surface area contributed by atoms with E-state index in [0.29, 0.717) is 11.5 Å². The molecule has 0 spiro atoms. The Kier molecular flexibility index (Phi) is 5.27. The van der Waals surface area contributed by atoms with Gasteiger partial charge >= 0.3 is 0 Å². The third-order valence-electron chi connectivity index (χ3n) is 5.13. The zero-order valence-electron chi connectivity index (χ0n) is 17.9. The van der Waals surface area contributed by atoms with E-state index in [9.17, 15) is 0 Å². The van der Waals surface area contributed by atoms with Crippen LogP contribution in [0.1, 0.15) is 16.7 Å². The van der Waals surface area contributed by atoms with E-state index in [1.165, 1.54) is 5.56 Å². The second kappa shape index (κ2) is 8.03. The van der Waals surface area contributed by atoms with Crippen molar-refractivity contribution in [3.05, 3.63) is 83.0 Å². The van der Waals surface area contributed by atoms with Crippen molar-refractivity contribution >= 4 is 11.3 Å². The summed E-state index contributed by atoms with van der Waals surface area (Å²) in [6.45, 7) is 6.31. The standard InChI is InChI=1S/C25H25N3O2/c1-16-12-17(2)25(18(3)13-16)27-24-15-20(26-23-8-6-7-11-28(23)24)19-9-10-21(29-4)22(14-19)30-5/h6-15H,1-5H3. The number of rotatable bonds is 4. The molecule has 0 unspecified atom stereocenters. The maximum absolute atomic E-state index is 5.47. The zero-order chi connectivity index (χ0) is 21.3. The Balaban J connectivity index is 1.98. The average molecular weight is 399 g/mol. The molecule has 152 valence electrons. The summed E-state index contributed by atoms with van der Waals surface area (Å²) in [5, 5.41) is 0. The molecule has 4 rings (SSSR count). The number of hydrogen-bond donors (Lipinski definition) is 0. The van der Waals surface area contributed by atoms with Crippen LogP contribution < -0.4 is 15.0 Å². The number of nitrogens with zero attached hydrogens (tertiary/aromatic N) is 3. The lowest BCUT2D eigenvalue weighted by Gasteiger charge is -2.11. The van der Waals surface area contributed by atoms with Crippen molar-refractivity contribution in [2.75, 3.05) is 14.2 Å². The summed E-state index contributed by atoms with van der Waals surface area (Å²) >= 11 is 0. The monoisotopic (exact) mass is 399 g/mol. The minimum atomic E-state index is 0.668. The third-order valence-corrected chi connectivity index (χ3v) is 5.13. The molecular formula is C25H25N3O2. The predicted molar refractivity (Wildman–Crippen MR) is 120 cm³/mol. The van der Waals surface area contributed by atoms with Crippen molar-refractivity contribution in [1.29, 1.82) is 0 Å². The van der Waals surface area contributed by atoms with Gasteiger partial charge in [0.2, 0.25) is 0 Å². The first-order valence-electron chi connectivity index (χ1n) is 9.83. The molecule has 2 aromatic heterocycles. The van der Waals surface area contributed by atoms with Crippen molar-refractivity contribution in [3.8, 4) is 22.8 Å². The number of pyridine rings is 1. The molecule has 4 aromatic rings. The molecule has 0 saturated heterocycles. The Bertz CT molecular complexity index is 1280. The molecule has 0 N–H and O–H groups in total. The highest BCUT2D eigenvalue weighted by Gasteiger charge is 2.10. The molecular weight excluding hydrogens is 374 g/mol. The van der Waals surface area contributed by atoms with Crippen LogP contribution in [-0.2, 0) is 0 Å². The minimum absolute atomic E-state index is 0.668. The van der Waals surface area contributed by atoms with Crippen molar-refractivity contribution in [2.24, 2.45) is 4.99 Å². The molecule has 0 aliphatic heterocycles. The van der Waals surface area contributed by atoms with Crippen molar-refractivity contribution in [1.82, 2.24) is 9.38 Å². The molecule has 5 nitrogen and oxygen atoms in total. The van der Waals surface area contributed by atoms with Crippen LogP contribution in [-0.4, -0.2) is 23.6 Å². The molecule has 2 heterocycles. The average Bonchev–Trinajstić information content (AvgIpc) is 2.75. The smallest absolute Gasteiger partial charge is 0.161 e. The van der Waals surface area contributed by atoms with Crippen LogP contribution in [0.5, 0.6) is 11.5 Å². The Morgan fingerprint density at radius 1 is 0.833 bits per heavy atom. The van der Waals surface area contributed by atoms with Crippen molar-refractivity contribution in [3.63, 3.8) is 0 Å². The van der Waals surface area contributed by atoms with Gasteiger partial charge < -0.3 is 9.47 Å². The zero-order valence-corrected chi connectivity index (χ0v) is 17.9. The van der Waals surface area contributed by atoms with Crippen LogP contribution in [0.15, 0.2) is 65.8 Å². The van der Waals surface area contributed by atoms with E-state index in [-0.39, 0.29) is 0 Å². The summed E-state index contributed by atoms with van der Waals surface area (Å²) < 4.78 is 12.8. The van der Waals surface area contributed by atoms with Crippen LogP contribution in [0.3, 0.4) is 0 Å². The SMILES string of the molecule is COc1ccc(-c2cc(=Nc3c(C)cc(C)cc3C)n3ccccc3n2)cc1OC. The highest BCUT2D eigenvalue weighted by molar-refractivity contribution is 5.65.